The van der Waals surface area contributed by atoms with Crippen LogP contribution in [0, 0.1) is 0 Å². The number of urea groups is 1. The summed E-state index contributed by atoms with van der Waals surface area (Å²) < 4.78 is 0. The highest BCUT2D eigenvalue weighted by atomic mass is 16.4. The molecule has 6 nitrogen and oxygen atoms in total. The maximum absolute atomic E-state index is 12.0. The number of benzene rings is 1. The number of carbonyl (C=O) groups excluding carboxylic acids is 1. The third-order valence-corrected chi connectivity index (χ3v) is 3.07. The molecule has 2 amide bonds. The zero-order valence-corrected chi connectivity index (χ0v) is 11.0. The van der Waals surface area contributed by atoms with Crippen molar-refractivity contribution in [3.8, 4) is 0 Å². The van der Waals surface area contributed by atoms with Gasteiger partial charge in [-0.2, -0.15) is 0 Å². The second kappa shape index (κ2) is 6.21. The van der Waals surface area contributed by atoms with E-state index >= 15 is 0 Å². The summed E-state index contributed by atoms with van der Waals surface area (Å²) in [6.45, 7) is 1.22. The molecule has 1 aromatic rings. The first-order chi connectivity index (χ1) is 9.54. The van der Waals surface area contributed by atoms with Gasteiger partial charge in [0.25, 0.3) is 0 Å². The van der Waals surface area contributed by atoms with Gasteiger partial charge < -0.3 is 21.1 Å². The van der Waals surface area contributed by atoms with Crippen LogP contribution in [0.4, 0.5) is 10.5 Å². The van der Waals surface area contributed by atoms with E-state index in [1.165, 1.54) is 6.08 Å². The van der Waals surface area contributed by atoms with E-state index in [1.807, 2.05) is 0 Å². The molecule has 1 aliphatic heterocycles. The first kappa shape index (κ1) is 14.1. The van der Waals surface area contributed by atoms with Crippen LogP contribution in [0.1, 0.15) is 12.0 Å². The number of anilines is 1. The topological polar surface area (TPSA) is 95.7 Å². The molecule has 1 fully saturated rings. The SMILES string of the molecule is NC1CCN(C(=O)Nc2cccc(/C=C/C(=O)O)c2)C1. The Labute approximate surface area is 116 Å². The van der Waals surface area contributed by atoms with Crippen molar-refractivity contribution in [2.24, 2.45) is 5.73 Å². The number of hydrogen-bond acceptors (Lipinski definition) is 3. The van der Waals surface area contributed by atoms with Gasteiger partial charge in [0.1, 0.15) is 0 Å². The molecule has 1 saturated heterocycles. The molecule has 0 aliphatic carbocycles. The van der Waals surface area contributed by atoms with E-state index < -0.39 is 5.97 Å². The molecule has 1 atom stereocenters. The molecule has 0 bridgehead atoms. The number of carboxylic acid groups (broad SMARTS) is 1. The predicted octanol–water partition coefficient (Wildman–Crippen LogP) is 1.35. The minimum Gasteiger partial charge on any atom is -0.478 e. The molecule has 1 aromatic carbocycles. The molecule has 0 aromatic heterocycles. The summed E-state index contributed by atoms with van der Waals surface area (Å²) in [5.41, 5.74) is 7.10. The number of aliphatic carboxylic acids is 1. The Morgan fingerprint density at radius 2 is 2.25 bits per heavy atom. The normalized spacial score (nSPS) is 18.4. The maximum atomic E-state index is 12.0. The molecule has 1 aliphatic rings. The van der Waals surface area contributed by atoms with E-state index in [0.29, 0.717) is 24.3 Å². The lowest BCUT2D eigenvalue weighted by atomic mass is 10.2. The Balaban J connectivity index is 2.00. The third-order valence-electron chi connectivity index (χ3n) is 3.07. The Hall–Kier alpha value is -2.34. The van der Waals surface area contributed by atoms with Gasteiger partial charge in [-0.25, -0.2) is 9.59 Å². The average molecular weight is 275 g/mol. The molecule has 6 heteroatoms. The van der Waals surface area contributed by atoms with Gasteiger partial charge in [0.2, 0.25) is 0 Å². The standard InChI is InChI=1S/C14H17N3O3/c15-11-6-7-17(9-11)14(20)16-12-3-1-2-10(8-12)4-5-13(18)19/h1-5,8,11H,6-7,9,15H2,(H,16,20)(H,18,19)/b5-4+. The second-order valence-electron chi connectivity index (χ2n) is 4.72. The highest BCUT2D eigenvalue weighted by Gasteiger charge is 2.23. The summed E-state index contributed by atoms with van der Waals surface area (Å²) in [4.78, 5) is 24.1. The molecule has 4 N–H and O–H groups in total. The number of carbonyl (C=O) groups is 2. The number of nitrogens with two attached hydrogens (primary N) is 1. The number of nitrogens with zero attached hydrogens (tertiary/aromatic N) is 1. The van der Waals surface area contributed by atoms with Crippen LogP contribution in [-0.2, 0) is 4.79 Å². The van der Waals surface area contributed by atoms with Crippen molar-refractivity contribution in [1.82, 2.24) is 4.90 Å². The van der Waals surface area contributed by atoms with Crippen molar-refractivity contribution < 1.29 is 14.7 Å². The molecule has 1 heterocycles. The number of carboxylic acids is 1. The third kappa shape index (κ3) is 3.83. The van der Waals surface area contributed by atoms with Crippen LogP contribution in [0.5, 0.6) is 0 Å². The van der Waals surface area contributed by atoms with E-state index in [1.54, 1.807) is 29.2 Å². The summed E-state index contributed by atoms with van der Waals surface area (Å²) in [6.07, 6.45) is 3.35. The van der Waals surface area contributed by atoms with Crippen LogP contribution in [0.15, 0.2) is 30.3 Å². The quantitative estimate of drug-likeness (QED) is 0.725. The minimum absolute atomic E-state index is 0.0468. The Morgan fingerprint density at radius 3 is 2.90 bits per heavy atom. The van der Waals surface area contributed by atoms with Gasteiger partial charge in [-0.05, 0) is 30.2 Å². The summed E-state index contributed by atoms with van der Waals surface area (Å²) >= 11 is 0. The van der Waals surface area contributed by atoms with Gasteiger partial charge in [-0.1, -0.05) is 12.1 Å². The maximum Gasteiger partial charge on any atom is 0.328 e. The summed E-state index contributed by atoms with van der Waals surface area (Å²) in [5, 5.41) is 11.4. The lowest BCUT2D eigenvalue weighted by Crippen LogP contribution is -2.35. The molecule has 0 spiro atoms. The summed E-state index contributed by atoms with van der Waals surface area (Å²) in [7, 11) is 0. The minimum atomic E-state index is -1.01. The van der Waals surface area contributed by atoms with E-state index in [2.05, 4.69) is 5.32 Å². The van der Waals surface area contributed by atoms with Gasteiger partial charge in [-0.15, -0.1) is 0 Å². The Bertz CT molecular complexity index is 542. The van der Waals surface area contributed by atoms with Gasteiger partial charge in [0, 0.05) is 30.9 Å². The number of nitrogens with one attached hydrogen (secondary N) is 1. The largest absolute Gasteiger partial charge is 0.478 e. The fourth-order valence-electron chi connectivity index (χ4n) is 2.06. The van der Waals surface area contributed by atoms with Crippen LogP contribution in [0.25, 0.3) is 6.08 Å². The van der Waals surface area contributed by atoms with Crippen molar-refractivity contribution >= 4 is 23.8 Å². The van der Waals surface area contributed by atoms with E-state index in [-0.39, 0.29) is 12.1 Å². The number of likely N-dealkylation sites (tertiary alicyclic amines) is 1. The smallest absolute Gasteiger partial charge is 0.328 e. The highest BCUT2D eigenvalue weighted by Crippen LogP contribution is 2.14. The number of amides is 2. The van der Waals surface area contributed by atoms with Gasteiger partial charge in [-0.3, -0.25) is 0 Å². The first-order valence-electron chi connectivity index (χ1n) is 6.37. The van der Waals surface area contributed by atoms with Crippen LogP contribution in [0.3, 0.4) is 0 Å². The molecule has 20 heavy (non-hydrogen) atoms. The molecule has 0 radical (unpaired) electrons. The predicted molar refractivity (Wildman–Crippen MR) is 76.3 cm³/mol. The first-order valence-corrected chi connectivity index (χ1v) is 6.37. The fraction of sp³-hybridized carbons (Fsp3) is 0.286. The molecule has 2 rings (SSSR count). The average Bonchev–Trinajstić information content (AvgIpc) is 2.84. The van der Waals surface area contributed by atoms with Gasteiger partial charge in [0.05, 0.1) is 0 Å². The number of hydrogen-bond donors (Lipinski definition) is 3. The highest BCUT2D eigenvalue weighted by molar-refractivity contribution is 5.90. The fourth-order valence-corrected chi connectivity index (χ4v) is 2.06. The van der Waals surface area contributed by atoms with Crippen molar-refractivity contribution in [3.63, 3.8) is 0 Å². The molecule has 1 unspecified atom stereocenters. The van der Waals surface area contributed by atoms with Crippen LogP contribution < -0.4 is 11.1 Å². The van der Waals surface area contributed by atoms with Gasteiger partial charge in [0.15, 0.2) is 0 Å². The van der Waals surface area contributed by atoms with Crippen molar-refractivity contribution in [1.29, 1.82) is 0 Å². The van der Waals surface area contributed by atoms with Gasteiger partial charge >= 0.3 is 12.0 Å². The molecule has 0 saturated carbocycles. The summed E-state index contributed by atoms with van der Waals surface area (Å²) in [5.74, 6) is -1.01. The van der Waals surface area contributed by atoms with Crippen LogP contribution in [0.2, 0.25) is 0 Å². The Kier molecular flexibility index (Phi) is 4.37. The molecular weight excluding hydrogens is 258 g/mol. The van der Waals surface area contributed by atoms with Crippen LogP contribution in [-0.4, -0.2) is 41.1 Å². The Morgan fingerprint density at radius 1 is 1.45 bits per heavy atom. The van der Waals surface area contributed by atoms with Crippen molar-refractivity contribution in [2.75, 3.05) is 18.4 Å². The zero-order valence-electron chi connectivity index (χ0n) is 11.0. The van der Waals surface area contributed by atoms with E-state index in [4.69, 9.17) is 10.8 Å². The van der Waals surface area contributed by atoms with Crippen LogP contribution >= 0.6 is 0 Å². The van der Waals surface area contributed by atoms with E-state index in [0.717, 1.165) is 12.5 Å². The zero-order chi connectivity index (χ0) is 14.5. The lowest BCUT2D eigenvalue weighted by Gasteiger charge is -2.16. The summed E-state index contributed by atoms with van der Waals surface area (Å²) in [6, 6.07) is 6.86. The van der Waals surface area contributed by atoms with Crippen molar-refractivity contribution in [3.05, 3.63) is 35.9 Å². The molecular formula is C14H17N3O3. The lowest BCUT2D eigenvalue weighted by molar-refractivity contribution is -0.131. The molecule has 106 valence electrons. The van der Waals surface area contributed by atoms with Crippen molar-refractivity contribution in [2.45, 2.75) is 12.5 Å². The monoisotopic (exact) mass is 275 g/mol. The number of rotatable bonds is 3. The second-order valence-corrected chi connectivity index (χ2v) is 4.72. The van der Waals surface area contributed by atoms with E-state index in [9.17, 15) is 9.59 Å².